The second-order valence-corrected chi connectivity index (χ2v) is 3.39. The maximum absolute atomic E-state index is 5.42. The van der Waals surface area contributed by atoms with Crippen LogP contribution in [-0.2, 0) is 6.54 Å². The highest BCUT2D eigenvalue weighted by Gasteiger charge is 1.97. The number of ether oxygens (including phenoxy) is 1. The van der Waals surface area contributed by atoms with Crippen LogP contribution in [0.3, 0.4) is 0 Å². The molecule has 0 atom stereocenters. The van der Waals surface area contributed by atoms with Gasteiger partial charge in [0.05, 0.1) is 19.4 Å². The Morgan fingerprint density at radius 3 is 2.94 bits per heavy atom. The molecule has 3 heteroatoms. The highest BCUT2D eigenvalue weighted by Crippen LogP contribution is 2.17. The normalized spacial score (nSPS) is 10.1. The summed E-state index contributed by atoms with van der Waals surface area (Å²) < 4.78 is 10.7. The van der Waals surface area contributed by atoms with E-state index in [9.17, 15) is 0 Å². The summed E-state index contributed by atoms with van der Waals surface area (Å²) in [5.41, 5.74) is 1.03. The van der Waals surface area contributed by atoms with E-state index < -0.39 is 0 Å². The van der Waals surface area contributed by atoms with Crippen LogP contribution < -0.4 is 10.1 Å². The maximum atomic E-state index is 5.42. The third-order valence-electron chi connectivity index (χ3n) is 2.19. The van der Waals surface area contributed by atoms with E-state index in [0.29, 0.717) is 13.2 Å². The fraction of sp³-hybridized carbons (Fsp3) is 0.231. The fourth-order valence-corrected chi connectivity index (χ4v) is 1.46. The zero-order valence-corrected chi connectivity index (χ0v) is 9.27. The standard InChI is InChI=1S/C13H15NO2/c1-2-15-12-6-3-5-11(9-12)14-10-13-7-4-8-16-13/h3-9,14H,2,10H2,1H3. The highest BCUT2D eigenvalue weighted by molar-refractivity contribution is 5.48. The van der Waals surface area contributed by atoms with Gasteiger partial charge in [0.15, 0.2) is 0 Å². The second kappa shape index (κ2) is 5.26. The first-order valence-electron chi connectivity index (χ1n) is 5.37. The van der Waals surface area contributed by atoms with Gasteiger partial charge >= 0.3 is 0 Å². The molecule has 1 heterocycles. The van der Waals surface area contributed by atoms with Crippen LogP contribution in [0.4, 0.5) is 5.69 Å². The Bertz CT molecular complexity index is 423. The van der Waals surface area contributed by atoms with Gasteiger partial charge in [-0.15, -0.1) is 0 Å². The monoisotopic (exact) mass is 217 g/mol. The van der Waals surface area contributed by atoms with Crippen molar-refractivity contribution in [3.05, 3.63) is 48.4 Å². The summed E-state index contributed by atoms with van der Waals surface area (Å²) in [7, 11) is 0. The Morgan fingerprint density at radius 2 is 2.19 bits per heavy atom. The summed E-state index contributed by atoms with van der Waals surface area (Å²) in [4.78, 5) is 0. The molecule has 84 valence electrons. The summed E-state index contributed by atoms with van der Waals surface area (Å²) in [6.45, 7) is 3.34. The fourth-order valence-electron chi connectivity index (χ4n) is 1.46. The molecular formula is C13H15NO2. The number of furan rings is 1. The van der Waals surface area contributed by atoms with E-state index in [4.69, 9.17) is 9.15 Å². The van der Waals surface area contributed by atoms with Crippen LogP contribution in [0.2, 0.25) is 0 Å². The molecular weight excluding hydrogens is 202 g/mol. The molecule has 2 aromatic rings. The molecule has 0 bridgehead atoms. The van der Waals surface area contributed by atoms with Crippen LogP contribution in [-0.4, -0.2) is 6.61 Å². The first-order valence-corrected chi connectivity index (χ1v) is 5.37. The van der Waals surface area contributed by atoms with Crippen LogP contribution >= 0.6 is 0 Å². The van der Waals surface area contributed by atoms with Crippen molar-refractivity contribution in [2.45, 2.75) is 13.5 Å². The predicted molar refractivity (Wildman–Crippen MR) is 63.6 cm³/mol. The van der Waals surface area contributed by atoms with Gasteiger partial charge < -0.3 is 14.5 Å². The Balaban J connectivity index is 1.96. The Morgan fingerprint density at radius 1 is 1.25 bits per heavy atom. The number of rotatable bonds is 5. The average molecular weight is 217 g/mol. The van der Waals surface area contributed by atoms with E-state index in [0.717, 1.165) is 17.2 Å². The summed E-state index contributed by atoms with van der Waals surface area (Å²) >= 11 is 0. The van der Waals surface area contributed by atoms with E-state index in [-0.39, 0.29) is 0 Å². The molecule has 1 N–H and O–H groups in total. The third-order valence-corrected chi connectivity index (χ3v) is 2.19. The van der Waals surface area contributed by atoms with Crippen LogP contribution in [0.25, 0.3) is 0 Å². The van der Waals surface area contributed by atoms with Gasteiger partial charge in [0.2, 0.25) is 0 Å². The summed E-state index contributed by atoms with van der Waals surface area (Å²) in [5.74, 6) is 1.80. The Kier molecular flexibility index (Phi) is 3.49. The molecule has 0 aliphatic carbocycles. The van der Waals surface area contributed by atoms with Gasteiger partial charge in [-0.05, 0) is 31.2 Å². The minimum absolute atomic E-state index is 0.682. The lowest BCUT2D eigenvalue weighted by atomic mass is 10.3. The maximum Gasteiger partial charge on any atom is 0.122 e. The van der Waals surface area contributed by atoms with Gasteiger partial charge in [-0.1, -0.05) is 6.07 Å². The molecule has 0 fully saturated rings. The smallest absolute Gasteiger partial charge is 0.122 e. The lowest BCUT2D eigenvalue weighted by Gasteiger charge is -2.07. The van der Waals surface area contributed by atoms with E-state index >= 15 is 0 Å². The van der Waals surface area contributed by atoms with Gasteiger partial charge in [0.1, 0.15) is 11.5 Å². The minimum Gasteiger partial charge on any atom is -0.494 e. The van der Waals surface area contributed by atoms with Gasteiger partial charge in [0.25, 0.3) is 0 Å². The number of anilines is 1. The lowest BCUT2D eigenvalue weighted by Crippen LogP contribution is -1.98. The van der Waals surface area contributed by atoms with Crippen molar-refractivity contribution < 1.29 is 9.15 Å². The van der Waals surface area contributed by atoms with Crippen LogP contribution in [0.5, 0.6) is 5.75 Å². The molecule has 0 saturated carbocycles. The molecule has 0 unspecified atom stereocenters. The largest absolute Gasteiger partial charge is 0.494 e. The summed E-state index contributed by atoms with van der Waals surface area (Å²) in [5, 5.41) is 3.27. The molecule has 3 nitrogen and oxygen atoms in total. The van der Waals surface area contributed by atoms with Crippen molar-refractivity contribution in [2.75, 3.05) is 11.9 Å². The first kappa shape index (κ1) is 10.6. The first-order chi connectivity index (χ1) is 7.88. The summed E-state index contributed by atoms with van der Waals surface area (Å²) in [6, 6.07) is 11.7. The molecule has 0 saturated heterocycles. The predicted octanol–water partition coefficient (Wildman–Crippen LogP) is 3.29. The molecule has 16 heavy (non-hydrogen) atoms. The SMILES string of the molecule is CCOc1cccc(NCc2ccco2)c1. The number of hydrogen-bond donors (Lipinski definition) is 1. The van der Waals surface area contributed by atoms with Crippen LogP contribution in [0.1, 0.15) is 12.7 Å². The van der Waals surface area contributed by atoms with Crippen molar-refractivity contribution in [3.63, 3.8) is 0 Å². The number of benzene rings is 1. The van der Waals surface area contributed by atoms with Crippen molar-refractivity contribution >= 4 is 5.69 Å². The van der Waals surface area contributed by atoms with Gasteiger partial charge in [-0.2, -0.15) is 0 Å². The van der Waals surface area contributed by atoms with Crippen molar-refractivity contribution in [1.82, 2.24) is 0 Å². The van der Waals surface area contributed by atoms with Gasteiger partial charge in [-0.3, -0.25) is 0 Å². The van der Waals surface area contributed by atoms with Crippen molar-refractivity contribution in [1.29, 1.82) is 0 Å². The number of nitrogens with one attached hydrogen (secondary N) is 1. The van der Waals surface area contributed by atoms with E-state index in [1.54, 1.807) is 6.26 Å². The molecule has 0 amide bonds. The molecule has 0 spiro atoms. The van der Waals surface area contributed by atoms with Gasteiger partial charge in [-0.25, -0.2) is 0 Å². The molecule has 0 aliphatic heterocycles. The second-order valence-electron chi connectivity index (χ2n) is 3.39. The van der Waals surface area contributed by atoms with Crippen LogP contribution in [0.15, 0.2) is 47.1 Å². The zero-order chi connectivity index (χ0) is 11.2. The quantitative estimate of drug-likeness (QED) is 0.834. The van der Waals surface area contributed by atoms with Crippen molar-refractivity contribution in [2.24, 2.45) is 0 Å². The zero-order valence-electron chi connectivity index (χ0n) is 9.27. The topological polar surface area (TPSA) is 34.4 Å². The van der Waals surface area contributed by atoms with Crippen molar-refractivity contribution in [3.8, 4) is 5.75 Å². The van der Waals surface area contributed by atoms with E-state index in [2.05, 4.69) is 5.32 Å². The Hall–Kier alpha value is -1.90. The molecule has 0 aliphatic rings. The number of hydrogen-bond acceptors (Lipinski definition) is 3. The molecule has 1 aromatic carbocycles. The average Bonchev–Trinajstić information content (AvgIpc) is 2.80. The van der Waals surface area contributed by atoms with Gasteiger partial charge in [0, 0.05) is 11.8 Å². The highest BCUT2D eigenvalue weighted by atomic mass is 16.5. The molecule has 1 aromatic heterocycles. The Labute approximate surface area is 95.0 Å². The van der Waals surface area contributed by atoms with E-state index in [1.165, 1.54) is 0 Å². The summed E-state index contributed by atoms with van der Waals surface area (Å²) in [6.07, 6.45) is 1.67. The third kappa shape index (κ3) is 2.79. The minimum atomic E-state index is 0.682. The lowest BCUT2D eigenvalue weighted by molar-refractivity contribution is 0.340. The van der Waals surface area contributed by atoms with E-state index in [1.807, 2.05) is 43.3 Å². The molecule has 0 radical (unpaired) electrons. The van der Waals surface area contributed by atoms with Crippen LogP contribution in [0, 0.1) is 0 Å². The molecule has 2 rings (SSSR count).